The van der Waals surface area contributed by atoms with Crippen LogP contribution in [0.15, 0.2) is 231 Å². The van der Waals surface area contributed by atoms with Crippen LogP contribution in [0.25, 0.3) is 66.1 Å². The Kier molecular flexibility index (Phi) is 7.87. The fourth-order valence-corrected chi connectivity index (χ4v) is 14.6. The zero-order valence-corrected chi connectivity index (χ0v) is 32.3. The molecule has 57 heavy (non-hydrogen) atoms. The van der Waals surface area contributed by atoms with Crippen LogP contribution in [-0.4, -0.2) is 17.2 Å². The second-order valence-electron chi connectivity index (χ2n) is 14.8. The zero-order valence-electron chi connectivity index (χ0n) is 31.3. The molecule has 11 rings (SSSR count). The number of hydrogen-bond donors (Lipinski definition) is 0. The number of rotatable bonds is 7. The van der Waals surface area contributed by atoms with E-state index in [-0.39, 0.29) is 0 Å². The van der Waals surface area contributed by atoms with Gasteiger partial charge in [-0.2, -0.15) is 0 Å². The highest BCUT2D eigenvalue weighted by atomic mass is 28.3. The van der Waals surface area contributed by atoms with Crippen molar-refractivity contribution in [2.45, 2.75) is 0 Å². The second kappa shape index (κ2) is 13.5. The SMILES string of the molecule is c1ccc(-c2cccc3c2c2cccc(-n4c5ccccc5c5c([Si](c6ccccc6)(c6ccccc6)c6ccccc6)cccc54)c2n3-c2ccccc2)cc1. The number of fused-ring (bicyclic) bond motifs is 6. The van der Waals surface area contributed by atoms with Crippen molar-refractivity contribution in [1.29, 1.82) is 0 Å². The topological polar surface area (TPSA) is 9.86 Å². The van der Waals surface area contributed by atoms with Crippen LogP contribution in [-0.2, 0) is 0 Å². The summed E-state index contributed by atoms with van der Waals surface area (Å²) in [5.74, 6) is 0. The van der Waals surface area contributed by atoms with Crippen LogP contribution in [0.1, 0.15) is 0 Å². The fourth-order valence-electron chi connectivity index (χ4n) is 9.60. The Bertz CT molecular complexity index is 3110. The highest BCUT2D eigenvalue weighted by molar-refractivity contribution is 7.20. The molecule has 0 aliphatic heterocycles. The minimum atomic E-state index is -2.88. The molecule has 0 radical (unpaired) electrons. The van der Waals surface area contributed by atoms with Gasteiger partial charge in [0, 0.05) is 27.2 Å². The molecule has 3 heteroatoms. The molecule has 0 bridgehead atoms. The molecule has 0 aliphatic rings. The van der Waals surface area contributed by atoms with E-state index in [2.05, 4.69) is 240 Å². The first kappa shape index (κ1) is 33.2. The molecule has 11 aromatic rings. The van der Waals surface area contributed by atoms with Gasteiger partial charge < -0.3 is 9.13 Å². The van der Waals surface area contributed by atoms with Gasteiger partial charge in [0.1, 0.15) is 0 Å². The van der Waals surface area contributed by atoms with Crippen molar-refractivity contribution in [3.8, 4) is 22.5 Å². The van der Waals surface area contributed by atoms with Crippen molar-refractivity contribution in [1.82, 2.24) is 9.13 Å². The average Bonchev–Trinajstić information content (AvgIpc) is 3.82. The van der Waals surface area contributed by atoms with Gasteiger partial charge >= 0.3 is 0 Å². The summed E-state index contributed by atoms with van der Waals surface area (Å²) in [6, 6.07) is 85.2. The number of nitrogens with zero attached hydrogens (tertiary/aromatic N) is 2. The normalized spacial score (nSPS) is 11.9. The van der Waals surface area contributed by atoms with Crippen LogP contribution in [0.4, 0.5) is 0 Å². The number of para-hydroxylation sites is 3. The van der Waals surface area contributed by atoms with Crippen LogP contribution in [0, 0.1) is 0 Å². The lowest BCUT2D eigenvalue weighted by molar-refractivity contribution is 1.13. The molecule has 0 spiro atoms. The molecule has 2 heterocycles. The Balaban J connectivity index is 1.31. The van der Waals surface area contributed by atoms with Gasteiger partial charge in [0.15, 0.2) is 8.07 Å². The van der Waals surface area contributed by atoms with Crippen molar-refractivity contribution < 1.29 is 0 Å². The first-order chi connectivity index (χ1) is 28.3. The number of hydrogen-bond acceptors (Lipinski definition) is 0. The molecule has 9 aromatic carbocycles. The monoisotopic (exact) mass is 742 g/mol. The van der Waals surface area contributed by atoms with Crippen molar-refractivity contribution in [2.75, 3.05) is 0 Å². The quantitative estimate of drug-likeness (QED) is 0.114. The predicted molar refractivity (Wildman–Crippen MR) is 244 cm³/mol. The fraction of sp³-hybridized carbons (Fsp3) is 0. The van der Waals surface area contributed by atoms with Gasteiger partial charge in [-0.15, -0.1) is 0 Å². The minimum absolute atomic E-state index is 1.14. The smallest absolute Gasteiger partial charge is 0.180 e. The zero-order chi connectivity index (χ0) is 37.8. The summed E-state index contributed by atoms with van der Waals surface area (Å²) in [5.41, 5.74) is 9.51. The lowest BCUT2D eigenvalue weighted by Gasteiger charge is -2.35. The van der Waals surface area contributed by atoms with Gasteiger partial charge in [0.05, 0.1) is 27.8 Å². The van der Waals surface area contributed by atoms with Crippen molar-refractivity contribution in [3.05, 3.63) is 231 Å². The lowest BCUT2D eigenvalue weighted by atomic mass is 9.99. The molecular weight excluding hydrogens is 705 g/mol. The molecule has 0 unspecified atom stereocenters. The molecule has 0 atom stereocenters. The molecule has 268 valence electrons. The van der Waals surface area contributed by atoms with Gasteiger partial charge in [0.25, 0.3) is 0 Å². The van der Waals surface area contributed by atoms with Gasteiger partial charge in [-0.25, -0.2) is 0 Å². The summed E-state index contributed by atoms with van der Waals surface area (Å²) in [7, 11) is -2.88. The Morgan fingerprint density at radius 2 is 0.789 bits per heavy atom. The van der Waals surface area contributed by atoms with Crippen LogP contribution in [0.2, 0.25) is 0 Å². The van der Waals surface area contributed by atoms with E-state index in [9.17, 15) is 0 Å². The summed E-state index contributed by atoms with van der Waals surface area (Å²) in [6.45, 7) is 0. The summed E-state index contributed by atoms with van der Waals surface area (Å²) >= 11 is 0. The van der Waals surface area contributed by atoms with Crippen molar-refractivity contribution in [3.63, 3.8) is 0 Å². The third kappa shape index (κ3) is 5.03. The maximum Gasteiger partial charge on any atom is 0.180 e. The molecule has 0 saturated heterocycles. The Morgan fingerprint density at radius 3 is 1.42 bits per heavy atom. The first-order valence-electron chi connectivity index (χ1n) is 19.7. The van der Waals surface area contributed by atoms with E-state index in [0.717, 1.165) is 11.4 Å². The first-order valence-corrected chi connectivity index (χ1v) is 21.7. The number of benzene rings is 9. The van der Waals surface area contributed by atoms with E-state index in [0.29, 0.717) is 0 Å². The van der Waals surface area contributed by atoms with Crippen LogP contribution in [0.3, 0.4) is 0 Å². The van der Waals surface area contributed by atoms with Gasteiger partial charge in [-0.1, -0.05) is 194 Å². The number of aromatic nitrogens is 2. The van der Waals surface area contributed by atoms with E-state index >= 15 is 0 Å². The van der Waals surface area contributed by atoms with Crippen LogP contribution < -0.4 is 20.7 Å². The molecule has 0 saturated carbocycles. The highest BCUT2D eigenvalue weighted by Gasteiger charge is 2.43. The maximum atomic E-state index is 2.54. The van der Waals surface area contributed by atoms with E-state index < -0.39 is 8.07 Å². The third-order valence-electron chi connectivity index (χ3n) is 11.9. The average molecular weight is 743 g/mol. The van der Waals surface area contributed by atoms with Crippen molar-refractivity contribution >= 4 is 72.4 Å². The van der Waals surface area contributed by atoms with E-state index in [1.165, 1.54) is 75.5 Å². The molecule has 2 nitrogen and oxygen atoms in total. The largest absolute Gasteiger partial charge is 0.307 e. The van der Waals surface area contributed by atoms with Gasteiger partial charge in [-0.05, 0) is 68.3 Å². The molecule has 0 fully saturated rings. The van der Waals surface area contributed by atoms with Crippen LogP contribution >= 0.6 is 0 Å². The minimum Gasteiger partial charge on any atom is -0.307 e. The lowest BCUT2D eigenvalue weighted by Crippen LogP contribution is -2.74. The van der Waals surface area contributed by atoms with E-state index in [1.54, 1.807) is 0 Å². The summed E-state index contributed by atoms with van der Waals surface area (Å²) in [6.07, 6.45) is 0. The highest BCUT2D eigenvalue weighted by Crippen LogP contribution is 2.42. The molecule has 0 amide bonds. The molecule has 2 aromatic heterocycles. The van der Waals surface area contributed by atoms with E-state index in [4.69, 9.17) is 0 Å². The third-order valence-corrected chi connectivity index (χ3v) is 16.7. The summed E-state index contributed by atoms with van der Waals surface area (Å²) in [4.78, 5) is 0. The second-order valence-corrected chi connectivity index (χ2v) is 18.6. The molecule has 0 N–H and O–H groups in total. The van der Waals surface area contributed by atoms with Crippen LogP contribution in [0.5, 0.6) is 0 Å². The summed E-state index contributed by atoms with van der Waals surface area (Å²) in [5, 5.41) is 10.5. The standard InChI is InChI=1S/C54H38N2Si/c1-6-21-39(22-7-1)44-32-18-35-48-52(44)46-33-19-37-50(54(46)55(48)40-23-8-2-9-24-40)56-47-34-17-16-31-45(47)53-49(56)36-20-38-51(53)57(41-25-10-3-11-26-41,42-27-12-4-13-28-42)43-29-14-5-15-30-43/h1-38H. The molecule has 0 aliphatic carbocycles. The van der Waals surface area contributed by atoms with Gasteiger partial charge in [0.2, 0.25) is 0 Å². The summed E-state index contributed by atoms with van der Waals surface area (Å²) < 4.78 is 5.02. The molecular formula is C54H38N2Si. The maximum absolute atomic E-state index is 2.88. The Morgan fingerprint density at radius 1 is 0.316 bits per heavy atom. The van der Waals surface area contributed by atoms with Crippen molar-refractivity contribution in [2.24, 2.45) is 0 Å². The van der Waals surface area contributed by atoms with Gasteiger partial charge in [-0.3, -0.25) is 0 Å². The Labute approximate surface area is 333 Å². The van der Waals surface area contributed by atoms with E-state index in [1.807, 2.05) is 0 Å². The predicted octanol–water partition coefficient (Wildman–Crippen LogP) is 10.9. The Hall–Kier alpha value is -7.20.